The highest BCUT2D eigenvalue weighted by Crippen LogP contribution is 2.37. The summed E-state index contributed by atoms with van der Waals surface area (Å²) in [5, 5.41) is 5.07. The van der Waals surface area contributed by atoms with Crippen LogP contribution in [0.1, 0.15) is 0 Å². The van der Waals surface area contributed by atoms with Crippen LogP contribution in [0.15, 0.2) is 120 Å². The van der Waals surface area contributed by atoms with Gasteiger partial charge < -0.3 is 9.13 Å². The van der Waals surface area contributed by atoms with Gasteiger partial charge in [0.15, 0.2) is 0 Å². The van der Waals surface area contributed by atoms with Crippen LogP contribution in [0.2, 0.25) is 0 Å². The van der Waals surface area contributed by atoms with Gasteiger partial charge >= 0.3 is 0 Å². The number of fused-ring (bicyclic) bond motifs is 6. The Labute approximate surface area is 199 Å². The van der Waals surface area contributed by atoms with Crippen LogP contribution in [0, 0.1) is 0 Å². The first-order valence-corrected chi connectivity index (χ1v) is 11.9. The zero-order valence-corrected chi connectivity index (χ0v) is 19.3. The quantitative estimate of drug-likeness (QED) is 0.231. The molecule has 0 bridgehead atoms. The zero-order valence-electron chi connectivity index (χ0n) is 17.7. The van der Waals surface area contributed by atoms with E-state index in [-0.39, 0.29) is 0 Å². The van der Waals surface area contributed by atoms with E-state index in [1.165, 1.54) is 49.3 Å². The highest BCUT2D eigenvalue weighted by molar-refractivity contribution is 9.10. The van der Waals surface area contributed by atoms with Crippen molar-refractivity contribution in [3.63, 3.8) is 0 Å². The van der Waals surface area contributed by atoms with Gasteiger partial charge in [0, 0.05) is 37.4 Å². The van der Waals surface area contributed by atoms with Crippen molar-refractivity contribution in [1.82, 2.24) is 9.13 Å². The maximum absolute atomic E-state index is 3.68. The molecule has 7 rings (SSSR count). The molecular weight excluding hydrogens is 468 g/mol. The lowest BCUT2D eigenvalue weighted by atomic mass is 10.1. The van der Waals surface area contributed by atoms with Crippen LogP contribution in [0.5, 0.6) is 0 Å². The average Bonchev–Trinajstić information content (AvgIpc) is 3.36. The van der Waals surface area contributed by atoms with Gasteiger partial charge in [-0.15, -0.1) is 0 Å². The van der Waals surface area contributed by atoms with E-state index in [0.717, 1.165) is 10.2 Å². The number of benzene rings is 5. The van der Waals surface area contributed by atoms with Crippen LogP contribution in [0.3, 0.4) is 0 Å². The molecule has 2 nitrogen and oxygen atoms in total. The predicted octanol–water partition coefficient (Wildman–Crippen LogP) is 8.64. The molecule has 5 aromatic carbocycles. The molecule has 33 heavy (non-hydrogen) atoms. The number of rotatable bonds is 2. The second kappa shape index (κ2) is 7.09. The first-order chi connectivity index (χ1) is 16.3. The van der Waals surface area contributed by atoms with Crippen LogP contribution < -0.4 is 0 Å². The Morgan fingerprint density at radius 2 is 0.909 bits per heavy atom. The van der Waals surface area contributed by atoms with Crippen molar-refractivity contribution in [3.05, 3.63) is 120 Å². The second-order valence-electron chi connectivity index (χ2n) is 8.40. The number of para-hydroxylation sites is 3. The third-order valence-electron chi connectivity index (χ3n) is 6.57. The van der Waals surface area contributed by atoms with Crippen molar-refractivity contribution >= 4 is 59.5 Å². The van der Waals surface area contributed by atoms with Crippen molar-refractivity contribution in [3.8, 4) is 11.4 Å². The molecular formula is C30H19BrN2. The summed E-state index contributed by atoms with van der Waals surface area (Å²) in [6.45, 7) is 0. The van der Waals surface area contributed by atoms with Gasteiger partial charge in [0.25, 0.3) is 0 Å². The normalized spacial score (nSPS) is 11.8. The molecule has 0 saturated carbocycles. The number of hydrogen-bond donors (Lipinski definition) is 0. The van der Waals surface area contributed by atoms with E-state index >= 15 is 0 Å². The molecule has 3 heteroatoms. The summed E-state index contributed by atoms with van der Waals surface area (Å²) in [6.07, 6.45) is 0. The van der Waals surface area contributed by atoms with Crippen LogP contribution in [0.4, 0.5) is 0 Å². The summed E-state index contributed by atoms with van der Waals surface area (Å²) in [6, 6.07) is 41.3. The van der Waals surface area contributed by atoms with Gasteiger partial charge in [0.2, 0.25) is 0 Å². The highest BCUT2D eigenvalue weighted by Gasteiger charge is 2.16. The zero-order chi connectivity index (χ0) is 21.9. The van der Waals surface area contributed by atoms with E-state index in [9.17, 15) is 0 Å². The summed E-state index contributed by atoms with van der Waals surface area (Å²) in [7, 11) is 0. The van der Waals surface area contributed by atoms with Crippen molar-refractivity contribution in [1.29, 1.82) is 0 Å². The highest BCUT2D eigenvalue weighted by atomic mass is 79.9. The number of nitrogens with zero attached hydrogens (tertiary/aromatic N) is 2. The molecule has 0 saturated heterocycles. The van der Waals surface area contributed by atoms with Gasteiger partial charge in [-0.3, -0.25) is 0 Å². The van der Waals surface area contributed by atoms with Gasteiger partial charge in [-0.2, -0.15) is 0 Å². The molecule has 0 aliphatic carbocycles. The smallest absolute Gasteiger partial charge is 0.0561 e. The Hall–Kier alpha value is -3.82. The first kappa shape index (κ1) is 18.7. The van der Waals surface area contributed by atoms with Gasteiger partial charge in [-0.05, 0) is 48.5 Å². The number of halogens is 1. The molecule has 7 aromatic rings. The molecule has 0 atom stereocenters. The third-order valence-corrected chi connectivity index (χ3v) is 7.06. The molecule has 0 unspecified atom stereocenters. The summed E-state index contributed by atoms with van der Waals surface area (Å²) >= 11 is 3.68. The van der Waals surface area contributed by atoms with Crippen molar-refractivity contribution in [2.24, 2.45) is 0 Å². The Morgan fingerprint density at radius 3 is 1.61 bits per heavy atom. The maximum Gasteiger partial charge on any atom is 0.0561 e. The Bertz CT molecular complexity index is 1770. The Morgan fingerprint density at radius 1 is 0.394 bits per heavy atom. The molecule has 0 aliphatic rings. The molecule has 156 valence electrons. The lowest BCUT2D eigenvalue weighted by Crippen LogP contribution is -1.96. The summed E-state index contributed by atoms with van der Waals surface area (Å²) in [4.78, 5) is 0. The maximum atomic E-state index is 3.68. The first-order valence-electron chi connectivity index (χ1n) is 11.1. The van der Waals surface area contributed by atoms with Gasteiger partial charge in [0.1, 0.15) is 0 Å². The van der Waals surface area contributed by atoms with E-state index in [2.05, 4.69) is 140 Å². The minimum Gasteiger partial charge on any atom is -0.309 e. The standard InChI is InChI=1S/C30H19BrN2/c31-20-14-16-25-26-17-15-22(19-30(26)32(29(25)18-20)21-8-2-1-3-9-21)33-27-12-6-4-10-23(27)24-11-5-7-13-28(24)33/h1-19H. The van der Waals surface area contributed by atoms with E-state index in [0.29, 0.717) is 0 Å². The number of aromatic nitrogens is 2. The summed E-state index contributed by atoms with van der Waals surface area (Å²) in [5.41, 5.74) is 7.18. The molecule has 0 amide bonds. The molecule has 0 fully saturated rings. The minimum atomic E-state index is 1.08. The molecule has 2 heterocycles. The molecule has 0 radical (unpaired) electrons. The molecule has 2 aromatic heterocycles. The van der Waals surface area contributed by atoms with E-state index in [4.69, 9.17) is 0 Å². The molecule has 0 N–H and O–H groups in total. The summed E-state index contributed by atoms with van der Waals surface area (Å²) < 4.78 is 5.83. The fraction of sp³-hybridized carbons (Fsp3) is 0. The Kier molecular flexibility index (Phi) is 4.02. The minimum absolute atomic E-state index is 1.08. The van der Waals surface area contributed by atoms with Gasteiger partial charge in [0.05, 0.1) is 22.1 Å². The predicted molar refractivity (Wildman–Crippen MR) is 143 cm³/mol. The monoisotopic (exact) mass is 486 g/mol. The van der Waals surface area contributed by atoms with E-state index in [1.807, 2.05) is 0 Å². The van der Waals surface area contributed by atoms with Crippen LogP contribution in [-0.4, -0.2) is 9.13 Å². The topological polar surface area (TPSA) is 9.86 Å². The van der Waals surface area contributed by atoms with Crippen molar-refractivity contribution in [2.45, 2.75) is 0 Å². The Balaban J connectivity index is 1.62. The van der Waals surface area contributed by atoms with Crippen molar-refractivity contribution < 1.29 is 0 Å². The lowest BCUT2D eigenvalue weighted by Gasteiger charge is -2.11. The van der Waals surface area contributed by atoms with Crippen LogP contribution in [0.25, 0.3) is 55.0 Å². The fourth-order valence-corrected chi connectivity index (χ4v) is 5.52. The molecule has 0 spiro atoms. The number of hydrogen-bond acceptors (Lipinski definition) is 0. The van der Waals surface area contributed by atoms with Gasteiger partial charge in [-0.25, -0.2) is 0 Å². The van der Waals surface area contributed by atoms with Crippen LogP contribution >= 0.6 is 15.9 Å². The van der Waals surface area contributed by atoms with Crippen LogP contribution in [-0.2, 0) is 0 Å². The van der Waals surface area contributed by atoms with E-state index < -0.39 is 0 Å². The second-order valence-corrected chi connectivity index (χ2v) is 9.32. The summed E-state index contributed by atoms with van der Waals surface area (Å²) in [5.74, 6) is 0. The molecule has 0 aliphatic heterocycles. The largest absolute Gasteiger partial charge is 0.309 e. The van der Waals surface area contributed by atoms with Crippen molar-refractivity contribution in [2.75, 3.05) is 0 Å². The fourth-order valence-electron chi connectivity index (χ4n) is 5.18. The van der Waals surface area contributed by atoms with E-state index in [1.54, 1.807) is 0 Å². The average molecular weight is 487 g/mol. The van der Waals surface area contributed by atoms with Gasteiger partial charge in [-0.1, -0.05) is 82.7 Å². The lowest BCUT2D eigenvalue weighted by molar-refractivity contribution is 1.15. The third kappa shape index (κ3) is 2.73. The SMILES string of the molecule is Brc1ccc2c3ccc(-n4c5ccccc5c5ccccc54)cc3n(-c3ccccc3)c2c1.